The van der Waals surface area contributed by atoms with Gasteiger partial charge in [0.1, 0.15) is 0 Å². The summed E-state index contributed by atoms with van der Waals surface area (Å²) in [7, 11) is -3.32. The summed E-state index contributed by atoms with van der Waals surface area (Å²) in [4.78, 5) is 0. The van der Waals surface area contributed by atoms with Crippen molar-refractivity contribution < 1.29 is 8.42 Å². The first-order chi connectivity index (χ1) is 7.99. The van der Waals surface area contributed by atoms with Crippen LogP contribution in [-0.4, -0.2) is 26.6 Å². The first-order valence-electron chi connectivity index (χ1n) is 5.34. The fourth-order valence-corrected chi connectivity index (χ4v) is 2.36. The monoisotopic (exact) mass is 255 g/mol. The average Bonchev–Trinajstić information content (AvgIpc) is 2.28. The van der Waals surface area contributed by atoms with Crippen molar-refractivity contribution in [3.8, 4) is 0 Å². The van der Waals surface area contributed by atoms with Crippen LogP contribution in [0.2, 0.25) is 0 Å². The van der Waals surface area contributed by atoms with Gasteiger partial charge in [0.15, 0.2) is 0 Å². The Morgan fingerprint density at radius 3 is 2.53 bits per heavy atom. The number of amidine groups is 1. The molecule has 0 saturated carbocycles. The number of rotatable bonds is 7. The Balaban J connectivity index is 2.33. The van der Waals surface area contributed by atoms with Crippen molar-refractivity contribution in [3.63, 3.8) is 0 Å². The maximum Gasteiger partial charge on any atom is 0.212 e. The Labute approximate surface area is 102 Å². The number of sulfonamides is 1. The molecule has 0 heterocycles. The zero-order valence-electron chi connectivity index (χ0n) is 9.52. The zero-order chi connectivity index (χ0) is 12.7. The van der Waals surface area contributed by atoms with Crippen LogP contribution in [0, 0.1) is 5.41 Å². The van der Waals surface area contributed by atoms with E-state index >= 15 is 0 Å². The van der Waals surface area contributed by atoms with Crippen LogP contribution in [0.5, 0.6) is 0 Å². The van der Waals surface area contributed by atoms with Gasteiger partial charge in [-0.2, -0.15) is 0 Å². The molecule has 4 N–H and O–H groups in total. The van der Waals surface area contributed by atoms with Crippen LogP contribution in [-0.2, 0) is 16.4 Å². The fraction of sp³-hybridized carbons (Fsp3) is 0.364. The topological polar surface area (TPSA) is 96.0 Å². The third-order valence-electron chi connectivity index (χ3n) is 2.22. The highest BCUT2D eigenvalue weighted by Crippen LogP contribution is 1.99. The molecule has 0 aliphatic heterocycles. The van der Waals surface area contributed by atoms with Gasteiger partial charge < -0.3 is 5.73 Å². The molecule has 0 aromatic heterocycles. The molecule has 0 atom stereocenters. The van der Waals surface area contributed by atoms with Crippen molar-refractivity contribution in [2.75, 3.05) is 12.3 Å². The van der Waals surface area contributed by atoms with Gasteiger partial charge in [-0.05, 0) is 12.0 Å². The number of hydrogen-bond donors (Lipinski definition) is 3. The van der Waals surface area contributed by atoms with Crippen molar-refractivity contribution in [1.29, 1.82) is 5.41 Å². The summed E-state index contributed by atoms with van der Waals surface area (Å²) in [6.07, 6.45) is 0.723. The summed E-state index contributed by atoms with van der Waals surface area (Å²) < 4.78 is 25.4. The molecule has 6 heteroatoms. The Kier molecular flexibility index (Phi) is 5.11. The maximum atomic E-state index is 11.5. The number of nitrogens with two attached hydrogens (primary N) is 1. The van der Waals surface area contributed by atoms with Crippen LogP contribution < -0.4 is 10.5 Å². The first kappa shape index (κ1) is 13.7. The molecule has 0 aliphatic carbocycles. The minimum Gasteiger partial charge on any atom is -0.388 e. The average molecular weight is 255 g/mol. The largest absolute Gasteiger partial charge is 0.388 e. The van der Waals surface area contributed by atoms with Gasteiger partial charge in [-0.15, -0.1) is 0 Å². The van der Waals surface area contributed by atoms with Crippen molar-refractivity contribution in [1.82, 2.24) is 4.72 Å². The molecule has 0 saturated heterocycles. The molecule has 1 aromatic rings. The van der Waals surface area contributed by atoms with E-state index in [-0.39, 0.29) is 18.0 Å². The van der Waals surface area contributed by atoms with E-state index in [0.717, 1.165) is 5.56 Å². The van der Waals surface area contributed by atoms with E-state index in [4.69, 9.17) is 11.1 Å². The lowest BCUT2D eigenvalue weighted by molar-refractivity contribution is 0.581. The van der Waals surface area contributed by atoms with Crippen LogP contribution >= 0.6 is 0 Å². The van der Waals surface area contributed by atoms with E-state index < -0.39 is 10.0 Å². The minimum absolute atomic E-state index is 0.0701. The minimum atomic E-state index is -3.32. The third kappa shape index (κ3) is 6.03. The second kappa shape index (κ2) is 6.36. The lowest BCUT2D eigenvalue weighted by Gasteiger charge is -2.06. The fourth-order valence-electron chi connectivity index (χ4n) is 1.31. The lowest BCUT2D eigenvalue weighted by Crippen LogP contribution is -2.30. The normalized spacial score (nSPS) is 11.3. The SMILES string of the molecule is N=C(N)CCS(=O)(=O)NCCc1ccccc1. The smallest absolute Gasteiger partial charge is 0.212 e. The van der Waals surface area contributed by atoms with E-state index in [0.29, 0.717) is 13.0 Å². The maximum absolute atomic E-state index is 11.5. The van der Waals surface area contributed by atoms with Gasteiger partial charge in [-0.1, -0.05) is 30.3 Å². The van der Waals surface area contributed by atoms with Crippen LogP contribution in [0.25, 0.3) is 0 Å². The highest BCUT2D eigenvalue weighted by molar-refractivity contribution is 7.89. The first-order valence-corrected chi connectivity index (χ1v) is 6.99. The summed E-state index contributed by atoms with van der Waals surface area (Å²) >= 11 is 0. The summed E-state index contributed by atoms with van der Waals surface area (Å²) in [5, 5.41) is 6.97. The molecule has 17 heavy (non-hydrogen) atoms. The van der Waals surface area contributed by atoms with Crippen molar-refractivity contribution in [3.05, 3.63) is 35.9 Å². The lowest BCUT2D eigenvalue weighted by atomic mass is 10.2. The quantitative estimate of drug-likeness (QED) is 0.488. The molecular weight excluding hydrogens is 238 g/mol. The molecule has 0 spiro atoms. The van der Waals surface area contributed by atoms with Gasteiger partial charge in [-0.25, -0.2) is 13.1 Å². The molecule has 0 amide bonds. The molecule has 0 aliphatic rings. The van der Waals surface area contributed by atoms with E-state index in [1.165, 1.54) is 0 Å². The second-order valence-corrected chi connectivity index (χ2v) is 5.65. The molecule has 0 fully saturated rings. The molecule has 0 radical (unpaired) electrons. The van der Waals surface area contributed by atoms with E-state index in [1.54, 1.807) is 0 Å². The van der Waals surface area contributed by atoms with Crippen molar-refractivity contribution in [2.24, 2.45) is 5.73 Å². The van der Waals surface area contributed by atoms with Crippen molar-refractivity contribution >= 4 is 15.9 Å². The van der Waals surface area contributed by atoms with E-state index in [9.17, 15) is 8.42 Å². The number of nitrogens with one attached hydrogen (secondary N) is 2. The Hall–Kier alpha value is -1.40. The van der Waals surface area contributed by atoms with Gasteiger partial charge in [0.2, 0.25) is 10.0 Å². The van der Waals surface area contributed by atoms with Crippen LogP contribution in [0.15, 0.2) is 30.3 Å². The summed E-state index contributed by atoms with van der Waals surface area (Å²) in [5.74, 6) is -0.240. The van der Waals surface area contributed by atoms with Crippen molar-refractivity contribution in [2.45, 2.75) is 12.8 Å². The second-order valence-electron chi connectivity index (χ2n) is 3.72. The molecule has 1 rings (SSSR count). The van der Waals surface area contributed by atoms with Crippen LogP contribution in [0.1, 0.15) is 12.0 Å². The molecular formula is C11H17N3O2S. The van der Waals surface area contributed by atoms with E-state index in [1.807, 2.05) is 30.3 Å². The third-order valence-corrected chi connectivity index (χ3v) is 3.60. The molecule has 5 nitrogen and oxygen atoms in total. The summed E-state index contributed by atoms with van der Waals surface area (Å²) in [6, 6.07) is 9.65. The number of hydrogen-bond acceptors (Lipinski definition) is 3. The Morgan fingerprint density at radius 1 is 1.29 bits per heavy atom. The molecule has 94 valence electrons. The van der Waals surface area contributed by atoms with Gasteiger partial charge in [-0.3, -0.25) is 5.41 Å². The zero-order valence-corrected chi connectivity index (χ0v) is 10.3. The Morgan fingerprint density at radius 2 is 1.94 bits per heavy atom. The van der Waals surface area contributed by atoms with Gasteiger partial charge in [0, 0.05) is 13.0 Å². The Bertz CT molecular complexity index is 457. The van der Waals surface area contributed by atoms with Gasteiger partial charge in [0.25, 0.3) is 0 Å². The summed E-state index contributed by atoms with van der Waals surface area (Å²) in [6.45, 7) is 0.365. The standard InChI is InChI=1S/C11H17N3O2S/c12-11(13)7-9-17(15,16)14-8-6-10-4-2-1-3-5-10/h1-5,14H,6-9H2,(H3,12,13). The van der Waals surface area contributed by atoms with Crippen LogP contribution in [0.3, 0.4) is 0 Å². The highest BCUT2D eigenvalue weighted by atomic mass is 32.2. The molecule has 0 bridgehead atoms. The van der Waals surface area contributed by atoms with Crippen LogP contribution in [0.4, 0.5) is 0 Å². The highest BCUT2D eigenvalue weighted by Gasteiger charge is 2.09. The van der Waals surface area contributed by atoms with E-state index in [2.05, 4.69) is 4.72 Å². The predicted octanol–water partition coefficient (Wildman–Crippen LogP) is 0.475. The summed E-state index contributed by atoms with van der Waals surface area (Å²) in [5.41, 5.74) is 6.20. The predicted molar refractivity (Wildman–Crippen MR) is 68.5 cm³/mol. The molecule has 1 aromatic carbocycles. The van der Waals surface area contributed by atoms with Gasteiger partial charge >= 0.3 is 0 Å². The van der Waals surface area contributed by atoms with Gasteiger partial charge in [0.05, 0.1) is 11.6 Å². The molecule has 0 unspecified atom stereocenters. The number of benzene rings is 1.